The van der Waals surface area contributed by atoms with Gasteiger partial charge in [-0.3, -0.25) is 0 Å². The standard InChI is InChI=1S/C20H36O2/c1-3-5-7-8-9-10-11-13-15-18-20(22-18)16-19-17(21-19)14-12-6-4-2/h6,12,17-20H,3-5,7-11,13-16H2,1-2H3/b12-6-. The van der Waals surface area contributed by atoms with E-state index in [1.165, 1.54) is 57.8 Å². The van der Waals surface area contributed by atoms with E-state index in [0.29, 0.717) is 24.4 Å². The summed E-state index contributed by atoms with van der Waals surface area (Å²) in [4.78, 5) is 0. The lowest BCUT2D eigenvalue weighted by atomic mass is 10.0. The van der Waals surface area contributed by atoms with Crippen molar-refractivity contribution in [1.29, 1.82) is 0 Å². The van der Waals surface area contributed by atoms with Crippen LogP contribution in [0, 0.1) is 0 Å². The third-order valence-corrected chi connectivity index (χ3v) is 4.95. The zero-order valence-corrected chi connectivity index (χ0v) is 14.8. The Kier molecular flexibility index (Phi) is 8.54. The van der Waals surface area contributed by atoms with Crippen LogP contribution in [0.3, 0.4) is 0 Å². The normalized spacial score (nSPS) is 30.1. The molecule has 4 unspecified atom stereocenters. The average Bonchev–Trinajstić information content (AvgIpc) is 3.42. The van der Waals surface area contributed by atoms with Crippen LogP contribution in [0.2, 0.25) is 0 Å². The van der Waals surface area contributed by atoms with Gasteiger partial charge in [0.05, 0.1) is 24.4 Å². The lowest BCUT2D eigenvalue weighted by molar-refractivity contribution is 0.320. The molecule has 128 valence electrons. The van der Waals surface area contributed by atoms with Crippen LogP contribution in [-0.4, -0.2) is 24.4 Å². The molecule has 4 atom stereocenters. The number of ether oxygens (including phenoxy) is 2. The number of hydrogen-bond donors (Lipinski definition) is 0. The second kappa shape index (κ2) is 10.4. The molecule has 22 heavy (non-hydrogen) atoms. The predicted octanol–water partition coefficient (Wildman–Crippen LogP) is 5.80. The Bertz CT molecular complexity index is 313. The molecule has 2 heteroatoms. The first-order valence-electron chi connectivity index (χ1n) is 9.81. The zero-order valence-electron chi connectivity index (χ0n) is 14.8. The minimum atomic E-state index is 0.482. The molecule has 0 aromatic heterocycles. The number of unbranched alkanes of at least 4 members (excludes halogenated alkanes) is 7. The van der Waals surface area contributed by atoms with Crippen LogP contribution in [-0.2, 0) is 9.47 Å². The van der Waals surface area contributed by atoms with Crippen molar-refractivity contribution in [2.45, 2.75) is 115 Å². The molecule has 2 rings (SSSR count). The van der Waals surface area contributed by atoms with Crippen LogP contribution in [0.5, 0.6) is 0 Å². The van der Waals surface area contributed by atoms with E-state index in [0.717, 1.165) is 19.3 Å². The SMILES string of the molecule is CC/C=C\CC1OC1CC1OC1CCCCCCCCCC. The van der Waals surface area contributed by atoms with Crippen LogP contribution in [0.25, 0.3) is 0 Å². The molecule has 2 aliphatic heterocycles. The van der Waals surface area contributed by atoms with Gasteiger partial charge in [-0.25, -0.2) is 0 Å². The molecule has 2 nitrogen and oxygen atoms in total. The van der Waals surface area contributed by atoms with Crippen molar-refractivity contribution in [2.24, 2.45) is 0 Å². The number of hydrogen-bond acceptors (Lipinski definition) is 2. The van der Waals surface area contributed by atoms with Crippen LogP contribution < -0.4 is 0 Å². The van der Waals surface area contributed by atoms with Gasteiger partial charge in [0.1, 0.15) is 0 Å². The topological polar surface area (TPSA) is 25.1 Å². The van der Waals surface area contributed by atoms with E-state index < -0.39 is 0 Å². The van der Waals surface area contributed by atoms with E-state index in [4.69, 9.17) is 9.47 Å². The van der Waals surface area contributed by atoms with Crippen LogP contribution >= 0.6 is 0 Å². The van der Waals surface area contributed by atoms with Gasteiger partial charge >= 0.3 is 0 Å². The fourth-order valence-corrected chi connectivity index (χ4v) is 3.34. The van der Waals surface area contributed by atoms with E-state index in [1.807, 2.05) is 0 Å². The molecular weight excluding hydrogens is 272 g/mol. The highest BCUT2D eigenvalue weighted by Crippen LogP contribution is 2.38. The largest absolute Gasteiger partial charge is 0.369 e. The smallest absolute Gasteiger partial charge is 0.0877 e. The second-order valence-corrected chi connectivity index (χ2v) is 7.04. The lowest BCUT2D eigenvalue weighted by Gasteiger charge is -2.00. The Balaban J connectivity index is 1.36. The van der Waals surface area contributed by atoms with E-state index in [-0.39, 0.29) is 0 Å². The molecule has 0 aliphatic carbocycles. The predicted molar refractivity (Wildman–Crippen MR) is 93.2 cm³/mol. The van der Waals surface area contributed by atoms with E-state index in [9.17, 15) is 0 Å². The number of rotatable bonds is 14. The summed E-state index contributed by atoms with van der Waals surface area (Å²) in [7, 11) is 0. The van der Waals surface area contributed by atoms with Crippen molar-refractivity contribution in [3.63, 3.8) is 0 Å². The molecule has 2 fully saturated rings. The van der Waals surface area contributed by atoms with Gasteiger partial charge in [0.15, 0.2) is 0 Å². The third-order valence-electron chi connectivity index (χ3n) is 4.95. The van der Waals surface area contributed by atoms with Crippen molar-refractivity contribution in [1.82, 2.24) is 0 Å². The summed E-state index contributed by atoms with van der Waals surface area (Å²) in [6.45, 7) is 4.46. The summed E-state index contributed by atoms with van der Waals surface area (Å²) in [5, 5.41) is 0. The van der Waals surface area contributed by atoms with Crippen LogP contribution in [0.15, 0.2) is 12.2 Å². The van der Waals surface area contributed by atoms with Gasteiger partial charge in [-0.2, -0.15) is 0 Å². The van der Waals surface area contributed by atoms with Crippen molar-refractivity contribution in [3.8, 4) is 0 Å². The molecule has 0 radical (unpaired) electrons. The number of allylic oxidation sites excluding steroid dienone is 1. The molecule has 0 aromatic rings. The molecule has 0 N–H and O–H groups in total. The summed E-state index contributed by atoms with van der Waals surface area (Å²) in [6.07, 6.45) is 22.4. The van der Waals surface area contributed by atoms with E-state index in [1.54, 1.807) is 0 Å². The van der Waals surface area contributed by atoms with Crippen molar-refractivity contribution < 1.29 is 9.47 Å². The fraction of sp³-hybridized carbons (Fsp3) is 0.900. The molecule has 2 aliphatic rings. The Morgan fingerprint density at radius 3 is 2.05 bits per heavy atom. The minimum absolute atomic E-state index is 0.482. The Morgan fingerprint density at radius 2 is 1.32 bits per heavy atom. The summed E-state index contributed by atoms with van der Waals surface area (Å²) in [5.41, 5.74) is 0. The van der Waals surface area contributed by atoms with Gasteiger partial charge in [-0.15, -0.1) is 0 Å². The molecule has 0 saturated carbocycles. The zero-order chi connectivity index (χ0) is 15.6. The monoisotopic (exact) mass is 308 g/mol. The van der Waals surface area contributed by atoms with Gasteiger partial charge in [-0.1, -0.05) is 77.4 Å². The highest BCUT2D eigenvalue weighted by molar-refractivity contribution is 4.98. The molecule has 2 saturated heterocycles. The third kappa shape index (κ3) is 7.28. The Labute approximate surface area is 137 Å². The first-order valence-corrected chi connectivity index (χ1v) is 9.81. The molecule has 0 amide bonds. The fourth-order valence-electron chi connectivity index (χ4n) is 3.34. The van der Waals surface area contributed by atoms with Crippen molar-refractivity contribution >= 4 is 0 Å². The molecule has 0 aromatic carbocycles. The summed E-state index contributed by atoms with van der Waals surface area (Å²) < 4.78 is 11.5. The summed E-state index contributed by atoms with van der Waals surface area (Å²) >= 11 is 0. The van der Waals surface area contributed by atoms with Gasteiger partial charge in [0, 0.05) is 6.42 Å². The Morgan fingerprint density at radius 1 is 0.682 bits per heavy atom. The maximum absolute atomic E-state index is 5.80. The van der Waals surface area contributed by atoms with E-state index >= 15 is 0 Å². The maximum Gasteiger partial charge on any atom is 0.0877 e. The molecular formula is C20H36O2. The lowest BCUT2D eigenvalue weighted by Crippen LogP contribution is -2.01. The maximum atomic E-state index is 5.80. The van der Waals surface area contributed by atoms with Crippen LogP contribution in [0.1, 0.15) is 90.9 Å². The Hall–Kier alpha value is -0.340. The summed E-state index contributed by atoms with van der Waals surface area (Å²) in [6, 6.07) is 0. The van der Waals surface area contributed by atoms with Crippen molar-refractivity contribution in [3.05, 3.63) is 12.2 Å². The van der Waals surface area contributed by atoms with Gasteiger partial charge in [0.25, 0.3) is 0 Å². The minimum Gasteiger partial charge on any atom is -0.369 e. The molecule has 0 spiro atoms. The van der Waals surface area contributed by atoms with Crippen LogP contribution in [0.4, 0.5) is 0 Å². The van der Waals surface area contributed by atoms with Crippen molar-refractivity contribution in [2.75, 3.05) is 0 Å². The highest BCUT2D eigenvalue weighted by atomic mass is 16.6. The molecule has 2 heterocycles. The second-order valence-electron chi connectivity index (χ2n) is 7.04. The summed E-state index contributed by atoms with van der Waals surface area (Å²) in [5.74, 6) is 0. The number of epoxide rings is 2. The molecule has 0 bridgehead atoms. The first kappa shape index (κ1) is 18.0. The highest BCUT2D eigenvalue weighted by Gasteiger charge is 2.47. The first-order chi connectivity index (χ1) is 10.8. The van der Waals surface area contributed by atoms with E-state index in [2.05, 4.69) is 26.0 Å². The van der Waals surface area contributed by atoms with Gasteiger partial charge in [-0.05, 0) is 19.3 Å². The van der Waals surface area contributed by atoms with Gasteiger partial charge < -0.3 is 9.47 Å². The quantitative estimate of drug-likeness (QED) is 0.230. The average molecular weight is 309 g/mol. The van der Waals surface area contributed by atoms with Gasteiger partial charge in [0.2, 0.25) is 0 Å².